The van der Waals surface area contributed by atoms with E-state index in [1.165, 1.54) is 5.56 Å². The quantitative estimate of drug-likeness (QED) is 0.680. The third kappa shape index (κ3) is 4.44. The monoisotopic (exact) mass is 426 g/mol. The van der Waals surface area contributed by atoms with E-state index >= 15 is 0 Å². The number of piperidine rings is 1. The van der Waals surface area contributed by atoms with Crippen molar-refractivity contribution < 1.29 is 19.1 Å². The first-order valence-corrected chi connectivity index (χ1v) is 11.0. The molecular weight excluding hydrogens is 396 g/mol. The third-order valence-corrected chi connectivity index (χ3v) is 6.41. The fraction of sp³-hybridized carbons (Fsp3) is 0.522. The lowest BCUT2D eigenvalue weighted by Crippen LogP contribution is -2.66. The van der Waals surface area contributed by atoms with Crippen molar-refractivity contribution in [1.29, 1.82) is 0 Å². The van der Waals surface area contributed by atoms with E-state index in [0.717, 1.165) is 12.1 Å². The molecule has 3 saturated heterocycles. The smallest absolute Gasteiger partial charge is 0.319 e. The van der Waals surface area contributed by atoms with E-state index in [9.17, 15) is 14.4 Å². The number of anilines is 1. The topological polar surface area (TPSA) is 91.0 Å². The predicted molar refractivity (Wildman–Crippen MR) is 117 cm³/mol. The number of hydrogen-bond acceptors (Lipinski definition) is 4. The van der Waals surface area contributed by atoms with Crippen LogP contribution >= 0.6 is 0 Å². The fourth-order valence-electron chi connectivity index (χ4n) is 4.75. The van der Waals surface area contributed by atoms with Crippen molar-refractivity contribution in [3.05, 3.63) is 42.5 Å². The number of aryl methyl sites for hydroxylation is 1. The fourth-order valence-corrected chi connectivity index (χ4v) is 4.75. The van der Waals surface area contributed by atoms with Gasteiger partial charge in [0.15, 0.2) is 0 Å². The zero-order valence-corrected chi connectivity index (χ0v) is 17.9. The lowest BCUT2D eigenvalue weighted by molar-refractivity contribution is -0.161. The molecule has 4 rings (SSSR count). The predicted octanol–water partition coefficient (Wildman–Crippen LogP) is 1.92. The van der Waals surface area contributed by atoms with E-state index in [0.29, 0.717) is 39.0 Å². The van der Waals surface area contributed by atoms with E-state index in [2.05, 4.69) is 24.1 Å². The van der Waals surface area contributed by atoms with Gasteiger partial charge >= 0.3 is 6.03 Å². The summed E-state index contributed by atoms with van der Waals surface area (Å²) in [5.41, 5.74) is 1.93. The Morgan fingerprint density at radius 1 is 1.16 bits per heavy atom. The number of ether oxygens (including phenoxy) is 1. The first-order chi connectivity index (χ1) is 15.0. The number of fused-ring (bicyclic) bond motifs is 2. The molecule has 0 aliphatic carbocycles. The van der Waals surface area contributed by atoms with Crippen LogP contribution in [0.3, 0.4) is 0 Å². The largest absolute Gasteiger partial charge is 0.372 e. The Kier molecular flexibility index (Phi) is 6.27. The summed E-state index contributed by atoms with van der Waals surface area (Å²) in [5.74, 6) is -0.0513. The van der Waals surface area contributed by atoms with Crippen molar-refractivity contribution in [3.8, 4) is 0 Å². The Morgan fingerprint density at radius 3 is 2.58 bits per heavy atom. The summed E-state index contributed by atoms with van der Waals surface area (Å²) in [7, 11) is 0. The summed E-state index contributed by atoms with van der Waals surface area (Å²) in [6, 6.07) is 6.31. The van der Waals surface area contributed by atoms with Crippen LogP contribution in [0.2, 0.25) is 0 Å². The third-order valence-electron chi connectivity index (χ3n) is 6.41. The molecule has 0 spiro atoms. The van der Waals surface area contributed by atoms with Gasteiger partial charge in [-0.1, -0.05) is 25.1 Å². The number of rotatable bonds is 6. The van der Waals surface area contributed by atoms with Crippen molar-refractivity contribution in [2.75, 3.05) is 25.0 Å². The van der Waals surface area contributed by atoms with Gasteiger partial charge in [0.25, 0.3) is 0 Å². The maximum Gasteiger partial charge on any atom is 0.319 e. The highest BCUT2D eigenvalue weighted by Gasteiger charge is 2.52. The van der Waals surface area contributed by atoms with Gasteiger partial charge in [0.1, 0.15) is 12.1 Å². The van der Waals surface area contributed by atoms with Gasteiger partial charge in [-0.15, -0.1) is 6.58 Å². The number of piperazine rings is 1. The molecule has 0 aromatic heterocycles. The summed E-state index contributed by atoms with van der Waals surface area (Å²) < 4.78 is 5.69. The summed E-state index contributed by atoms with van der Waals surface area (Å²) in [5, 5.41) is 5.81. The zero-order chi connectivity index (χ0) is 22.0. The van der Waals surface area contributed by atoms with Crippen molar-refractivity contribution in [2.24, 2.45) is 0 Å². The first kappa shape index (κ1) is 21.4. The molecule has 1 aromatic carbocycles. The van der Waals surface area contributed by atoms with E-state index in [-0.39, 0.29) is 30.0 Å². The summed E-state index contributed by atoms with van der Waals surface area (Å²) in [4.78, 5) is 41.9. The standard InChI is InChI=1S/C23H30N4O4/c1-3-11-31-18-13-20-21(28)26-10-9-17(12-19(26)22(29)27(20)14-18)25-23(30)24-16-7-5-15(4-2)6-8-16/h3,5-8,17-20H,1,4,9-14H2,2H3,(H2,24,25,30). The normalized spacial score (nSPS) is 27.5. The van der Waals surface area contributed by atoms with Crippen LogP contribution in [0.25, 0.3) is 0 Å². The summed E-state index contributed by atoms with van der Waals surface area (Å²) in [6.45, 7) is 7.03. The number of benzene rings is 1. The molecule has 3 fully saturated rings. The molecule has 0 radical (unpaired) electrons. The number of urea groups is 1. The number of nitrogens with one attached hydrogen (secondary N) is 2. The number of carbonyl (C=O) groups is 3. The minimum absolute atomic E-state index is 0.00628. The molecule has 8 nitrogen and oxygen atoms in total. The minimum Gasteiger partial charge on any atom is -0.372 e. The van der Waals surface area contributed by atoms with Gasteiger partial charge in [0, 0.05) is 31.2 Å². The molecule has 31 heavy (non-hydrogen) atoms. The van der Waals surface area contributed by atoms with E-state index in [1.807, 2.05) is 24.3 Å². The maximum absolute atomic E-state index is 13.1. The van der Waals surface area contributed by atoms with Crippen molar-refractivity contribution in [3.63, 3.8) is 0 Å². The number of hydrogen-bond donors (Lipinski definition) is 2. The number of nitrogens with zero attached hydrogens (tertiary/aromatic N) is 2. The molecule has 2 N–H and O–H groups in total. The van der Waals surface area contributed by atoms with Crippen molar-refractivity contribution >= 4 is 23.5 Å². The zero-order valence-electron chi connectivity index (χ0n) is 17.9. The van der Waals surface area contributed by atoms with E-state index < -0.39 is 12.1 Å². The molecular formula is C23H30N4O4. The van der Waals surface area contributed by atoms with Gasteiger partial charge in [-0.05, 0) is 37.0 Å². The van der Waals surface area contributed by atoms with Gasteiger partial charge in [-0.25, -0.2) is 4.79 Å². The second-order valence-electron chi connectivity index (χ2n) is 8.40. The van der Waals surface area contributed by atoms with Crippen LogP contribution in [0, 0.1) is 0 Å². The van der Waals surface area contributed by atoms with Crippen LogP contribution in [0.15, 0.2) is 36.9 Å². The molecule has 4 atom stereocenters. The Hall–Kier alpha value is -2.87. The van der Waals surface area contributed by atoms with Gasteiger partial charge in [-0.3, -0.25) is 9.59 Å². The second kappa shape index (κ2) is 9.09. The summed E-state index contributed by atoms with van der Waals surface area (Å²) in [6.07, 6.45) is 4.05. The van der Waals surface area contributed by atoms with Crippen LogP contribution < -0.4 is 10.6 Å². The average molecular weight is 427 g/mol. The average Bonchev–Trinajstić information content (AvgIpc) is 3.21. The Balaban J connectivity index is 1.35. The van der Waals surface area contributed by atoms with Crippen LogP contribution in [0.5, 0.6) is 0 Å². The molecule has 0 bridgehead atoms. The SMILES string of the molecule is C=CCOC1CC2C(=O)N3CCC(NC(=O)Nc4ccc(CC)cc4)CC3C(=O)N2C1. The number of amides is 4. The highest BCUT2D eigenvalue weighted by molar-refractivity contribution is 5.98. The molecule has 3 aliphatic rings. The highest BCUT2D eigenvalue weighted by Crippen LogP contribution is 2.32. The molecule has 3 heterocycles. The lowest BCUT2D eigenvalue weighted by atomic mass is 9.92. The first-order valence-electron chi connectivity index (χ1n) is 11.0. The summed E-state index contributed by atoms with van der Waals surface area (Å²) >= 11 is 0. The molecule has 3 aliphatic heterocycles. The van der Waals surface area contributed by atoms with Gasteiger partial charge < -0.3 is 25.2 Å². The van der Waals surface area contributed by atoms with Crippen LogP contribution in [-0.4, -0.2) is 71.6 Å². The Morgan fingerprint density at radius 2 is 1.87 bits per heavy atom. The van der Waals surface area contributed by atoms with Crippen LogP contribution in [0.4, 0.5) is 10.5 Å². The molecule has 4 amide bonds. The lowest BCUT2D eigenvalue weighted by Gasteiger charge is -2.46. The van der Waals surface area contributed by atoms with Crippen LogP contribution in [0.1, 0.15) is 31.7 Å². The molecule has 4 unspecified atom stereocenters. The molecule has 166 valence electrons. The number of carbonyl (C=O) groups excluding carboxylic acids is 3. The maximum atomic E-state index is 13.1. The second-order valence-corrected chi connectivity index (χ2v) is 8.40. The minimum atomic E-state index is -0.523. The van der Waals surface area contributed by atoms with E-state index in [4.69, 9.17) is 4.74 Å². The molecule has 8 heteroatoms. The van der Waals surface area contributed by atoms with Crippen molar-refractivity contribution in [2.45, 2.75) is 56.8 Å². The Bertz CT molecular complexity index is 856. The van der Waals surface area contributed by atoms with Gasteiger partial charge in [0.2, 0.25) is 11.8 Å². The Labute approximate surface area is 182 Å². The van der Waals surface area contributed by atoms with Gasteiger partial charge in [-0.2, -0.15) is 0 Å². The molecule has 1 aromatic rings. The highest BCUT2D eigenvalue weighted by atomic mass is 16.5. The van der Waals surface area contributed by atoms with E-state index in [1.54, 1.807) is 15.9 Å². The molecule has 0 saturated carbocycles. The van der Waals surface area contributed by atoms with Gasteiger partial charge in [0.05, 0.1) is 12.7 Å². The van der Waals surface area contributed by atoms with Crippen LogP contribution in [-0.2, 0) is 20.7 Å². The van der Waals surface area contributed by atoms with Crippen molar-refractivity contribution in [1.82, 2.24) is 15.1 Å².